The van der Waals surface area contributed by atoms with Crippen molar-refractivity contribution in [2.45, 2.75) is 12.8 Å². The van der Waals surface area contributed by atoms with Crippen LogP contribution in [0.5, 0.6) is 0 Å². The first-order valence-corrected chi connectivity index (χ1v) is 19.2. The second kappa shape index (κ2) is 12.8. The lowest BCUT2D eigenvalue weighted by molar-refractivity contribution is 0.986. The molecule has 0 radical (unpaired) electrons. The highest BCUT2D eigenvalue weighted by Gasteiger charge is 2.20. The van der Waals surface area contributed by atoms with Gasteiger partial charge < -0.3 is 4.57 Å². The molecule has 0 bridgehead atoms. The van der Waals surface area contributed by atoms with Crippen molar-refractivity contribution in [1.82, 2.24) is 9.55 Å². The van der Waals surface area contributed by atoms with Gasteiger partial charge >= 0.3 is 0 Å². The molecule has 2 heterocycles. The van der Waals surface area contributed by atoms with E-state index in [1.165, 1.54) is 71.6 Å². The summed E-state index contributed by atoms with van der Waals surface area (Å²) < 4.78 is 2.33. The fraction of sp³-hybridized carbons (Fsp3) is 0.0377. The summed E-state index contributed by atoms with van der Waals surface area (Å²) in [5.41, 5.74) is 16.9. The van der Waals surface area contributed by atoms with Crippen molar-refractivity contribution in [3.8, 4) is 50.2 Å². The van der Waals surface area contributed by atoms with Crippen LogP contribution in [0.3, 0.4) is 0 Å². The highest BCUT2D eigenvalue weighted by Crippen LogP contribution is 2.46. The minimum atomic E-state index is 1.01. The van der Waals surface area contributed by atoms with Crippen molar-refractivity contribution < 1.29 is 0 Å². The van der Waals surface area contributed by atoms with E-state index in [0.29, 0.717) is 0 Å². The summed E-state index contributed by atoms with van der Waals surface area (Å²) in [5.74, 6) is 0. The Labute approximate surface area is 320 Å². The van der Waals surface area contributed by atoms with E-state index in [9.17, 15) is 0 Å². The Hall–Kier alpha value is -7.03. The standard InChI is InChI=1S/C53H36N2/c1-3-14-35(15-4-1)40-31-41(38-27-28-49-48(34-38)53-50(24-13-29-54-53)55(49)43-18-5-2-6-19-43)33-42(32-40)52-46-22-11-9-20-44(46)51(45-21-10-12-23-47(45)52)39-26-25-36-16-7-8-17-37(36)30-39/h1-6,8-15,17-34H,7,16H2. The fourth-order valence-electron chi connectivity index (χ4n) is 8.94. The number of hydrogen-bond acceptors (Lipinski definition) is 1. The van der Waals surface area contributed by atoms with Gasteiger partial charge in [0, 0.05) is 17.3 Å². The highest BCUT2D eigenvalue weighted by atomic mass is 15.0. The summed E-state index contributed by atoms with van der Waals surface area (Å²) in [6.45, 7) is 0. The summed E-state index contributed by atoms with van der Waals surface area (Å²) in [7, 11) is 0. The van der Waals surface area contributed by atoms with Crippen LogP contribution in [-0.4, -0.2) is 9.55 Å². The van der Waals surface area contributed by atoms with Crippen molar-refractivity contribution in [3.63, 3.8) is 0 Å². The van der Waals surface area contributed by atoms with E-state index >= 15 is 0 Å². The van der Waals surface area contributed by atoms with E-state index < -0.39 is 0 Å². The van der Waals surface area contributed by atoms with E-state index in [2.05, 4.69) is 187 Å². The SMILES string of the molecule is C1=Cc2cc(-c3c4ccccc4c(-c4cc(-c5ccccc5)cc(-c5ccc6c(c5)c5ncccc5n6-c5ccccc5)c4)c4ccccc34)ccc2CC1. The number of allylic oxidation sites excluding steroid dienone is 1. The molecule has 0 N–H and O–H groups in total. The Kier molecular flexibility index (Phi) is 7.34. The van der Waals surface area contributed by atoms with Crippen molar-refractivity contribution >= 4 is 49.6 Å². The molecule has 2 nitrogen and oxygen atoms in total. The van der Waals surface area contributed by atoms with Crippen LogP contribution in [0.15, 0.2) is 188 Å². The zero-order chi connectivity index (χ0) is 36.3. The van der Waals surface area contributed by atoms with Gasteiger partial charge in [0.1, 0.15) is 0 Å². The van der Waals surface area contributed by atoms with Crippen molar-refractivity contribution in [2.24, 2.45) is 0 Å². The lowest BCUT2D eigenvalue weighted by Gasteiger charge is -2.20. The maximum Gasteiger partial charge on any atom is 0.0963 e. The van der Waals surface area contributed by atoms with Crippen molar-refractivity contribution in [3.05, 3.63) is 199 Å². The van der Waals surface area contributed by atoms with Gasteiger partial charge in [-0.05, 0) is 151 Å². The molecule has 0 saturated carbocycles. The predicted octanol–water partition coefficient (Wildman–Crippen LogP) is 14.1. The van der Waals surface area contributed by atoms with E-state index in [1.807, 2.05) is 12.3 Å². The van der Waals surface area contributed by atoms with E-state index in [1.54, 1.807) is 0 Å². The number of rotatable bonds is 5. The molecule has 0 saturated heterocycles. The van der Waals surface area contributed by atoms with Gasteiger partial charge in [0.2, 0.25) is 0 Å². The van der Waals surface area contributed by atoms with Crippen molar-refractivity contribution in [1.29, 1.82) is 0 Å². The molecule has 2 aromatic heterocycles. The Morgan fingerprint density at radius 3 is 1.76 bits per heavy atom. The number of fused-ring (bicyclic) bond motifs is 6. The smallest absolute Gasteiger partial charge is 0.0963 e. The first-order chi connectivity index (χ1) is 27.3. The molecule has 55 heavy (non-hydrogen) atoms. The van der Waals surface area contributed by atoms with Crippen LogP contribution in [0.4, 0.5) is 0 Å². The third-order valence-electron chi connectivity index (χ3n) is 11.4. The number of aryl methyl sites for hydroxylation is 1. The van der Waals surface area contributed by atoms with Crippen LogP contribution >= 0.6 is 0 Å². The first-order valence-electron chi connectivity index (χ1n) is 19.2. The van der Waals surface area contributed by atoms with E-state index in [0.717, 1.165) is 46.0 Å². The molecule has 1 aliphatic rings. The van der Waals surface area contributed by atoms with Gasteiger partial charge in [-0.25, -0.2) is 0 Å². The minimum absolute atomic E-state index is 1.01. The third-order valence-corrected chi connectivity index (χ3v) is 11.4. The molecule has 10 aromatic rings. The van der Waals surface area contributed by atoms with E-state index in [4.69, 9.17) is 4.98 Å². The van der Waals surface area contributed by atoms with Gasteiger partial charge in [0.15, 0.2) is 0 Å². The van der Waals surface area contributed by atoms with Crippen LogP contribution in [0, 0.1) is 0 Å². The molecule has 2 heteroatoms. The summed E-state index contributed by atoms with van der Waals surface area (Å²) >= 11 is 0. The van der Waals surface area contributed by atoms with Gasteiger partial charge in [0.25, 0.3) is 0 Å². The maximum atomic E-state index is 4.92. The van der Waals surface area contributed by atoms with Crippen LogP contribution in [0.25, 0.3) is 99.8 Å². The number of pyridine rings is 1. The van der Waals surface area contributed by atoms with Gasteiger partial charge in [-0.3, -0.25) is 4.98 Å². The predicted molar refractivity (Wildman–Crippen MR) is 233 cm³/mol. The second-order valence-corrected chi connectivity index (χ2v) is 14.6. The summed E-state index contributed by atoms with van der Waals surface area (Å²) in [5, 5.41) is 6.19. The van der Waals surface area contributed by atoms with E-state index in [-0.39, 0.29) is 0 Å². The highest BCUT2D eigenvalue weighted by molar-refractivity contribution is 6.22. The van der Waals surface area contributed by atoms with Gasteiger partial charge in [-0.2, -0.15) is 0 Å². The Morgan fingerprint density at radius 1 is 0.418 bits per heavy atom. The molecule has 0 spiro atoms. The monoisotopic (exact) mass is 700 g/mol. The molecule has 0 amide bonds. The summed E-state index contributed by atoms with van der Waals surface area (Å²) in [4.78, 5) is 4.92. The number of hydrogen-bond donors (Lipinski definition) is 0. The third kappa shape index (κ3) is 5.21. The first kappa shape index (κ1) is 31.5. The fourth-order valence-corrected chi connectivity index (χ4v) is 8.94. The average molecular weight is 701 g/mol. The minimum Gasteiger partial charge on any atom is -0.308 e. The quantitative estimate of drug-likeness (QED) is 0.163. The molecule has 0 atom stereocenters. The Morgan fingerprint density at radius 2 is 1.04 bits per heavy atom. The zero-order valence-corrected chi connectivity index (χ0v) is 30.3. The van der Waals surface area contributed by atoms with Gasteiger partial charge in [-0.15, -0.1) is 0 Å². The second-order valence-electron chi connectivity index (χ2n) is 14.6. The maximum absolute atomic E-state index is 4.92. The Balaban J connectivity index is 1.17. The van der Waals surface area contributed by atoms with Crippen LogP contribution in [0.1, 0.15) is 17.5 Å². The lowest BCUT2D eigenvalue weighted by atomic mass is 9.83. The summed E-state index contributed by atoms with van der Waals surface area (Å²) in [6.07, 6.45) is 8.71. The molecular formula is C53H36N2. The lowest BCUT2D eigenvalue weighted by Crippen LogP contribution is -1.96. The zero-order valence-electron chi connectivity index (χ0n) is 30.3. The molecule has 1 aliphatic carbocycles. The normalized spacial score (nSPS) is 12.5. The molecule has 258 valence electrons. The topological polar surface area (TPSA) is 17.8 Å². The Bertz CT molecular complexity index is 3070. The molecular weight excluding hydrogens is 665 g/mol. The molecule has 0 unspecified atom stereocenters. The number of para-hydroxylation sites is 1. The van der Waals surface area contributed by atoms with Crippen molar-refractivity contribution in [2.75, 3.05) is 0 Å². The molecule has 0 fully saturated rings. The van der Waals surface area contributed by atoms with Gasteiger partial charge in [0.05, 0.1) is 16.6 Å². The van der Waals surface area contributed by atoms with Crippen LogP contribution in [0.2, 0.25) is 0 Å². The van der Waals surface area contributed by atoms with Crippen LogP contribution in [-0.2, 0) is 6.42 Å². The molecule has 0 aliphatic heterocycles. The number of aromatic nitrogens is 2. The summed E-state index contributed by atoms with van der Waals surface area (Å²) in [6, 6.07) is 64.6. The largest absolute Gasteiger partial charge is 0.308 e. The average Bonchev–Trinajstić information content (AvgIpc) is 3.59. The van der Waals surface area contributed by atoms with Crippen LogP contribution < -0.4 is 0 Å². The number of benzene rings is 8. The molecule has 11 rings (SSSR count). The number of nitrogens with zero attached hydrogens (tertiary/aromatic N) is 2. The molecule has 8 aromatic carbocycles. The van der Waals surface area contributed by atoms with Gasteiger partial charge in [-0.1, -0.05) is 127 Å².